The molecule has 3 aromatic rings. The molecule has 1 spiro atoms. The summed E-state index contributed by atoms with van der Waals surface area (Å²) in [6, 6.07) is 19.2. The maximum atomic E-state index is 14.2. The zero-order valence-corrected chi connectivity index (χ0v) is 26.3. The Hall–Kier alpha value is -4.08. The van der Waals surface area contributed by atoms with Crippen LogP contribution in [0.4, 0.5) is 14.7 Å². The van der Waals surface area contributed by atoms with Crippen molar-refractivity contribution < 1.29 is 23.1 Å². The van der Waals surface area contributed by atoms with Gasteiger partial charge in [-0.25, -0.2) is 18.7 Å². The summed E-state index contributed by atoms with van der Waals surface area (Å²) in [7, 11) is 0. The van der Waals surface area contributed by atoms with E-state index in [9.17, 15) is 18.4 Å². The minimum atomic E-state index is -2.65. The Kier molecular flexibility index (Phi) is 9.80. The van der Waals surface area contributed by atoms with E-state index < -0.39 is 5.92 Å². The SMILES string of the molecule is O=C1c2ccccc2OCC2(CCCN(c3ncccn3)CCN1Cc1ccccc1)CCN(C(=O)C1CCC(F)(F)CC1)CC2. The summed E-state index contributed by atoms with van der Waals surface area (Å²) in [6.45, 7) is 3.81. The molecule has 46 heavy (non-hydrogen) atoms. The van der Waals surface area contributed by atoms with Crippen LogP contribution in [-0.2, 0) is 11.3 Å². The van der Waals surface area contributed by atoms with Crippen molar-refractivity contribution in [2.45, 2.75) is 63.8 Å². The third-order valence-electron chi connectivity index (χ3n) is 9.97. The van der Waals surface area contributed by atoms with Gasteiger partial charge in [0.2, 0.25) is 17.8 Å². The molecule has 2 aliphatic heterocycles. The number of rotatable bonds is 4. The monoisotopic (exact) mass is 631 g/mol. The van der Waals surface area contributed by atoms with Crippen molar-refractivity contribution in [2.75, 3.05) is 44.2 Å². The van der Waals surface area contributed by atoms with Crippen LogP contribution >= 0.6 is 0 Å². The van der Waals surface area contributed by atoms with Gasteiger partial charge in [0.25, 0.3) is 5.91 Å². The van der Waals surface area contributed by atoms with E-state index in [0.717, 1.165) is 31.2 Å². The van der Waals surface area contributed by atoms with Crippen LogP contribution < -0.4 is 9.64 Å². The number of likely N-dealkylation sites (tertiary alicyclic amines) is 1. The van der Waals surface area contributed by atoms with Crippen LogP contribution in [0, 0.1) is 11.3 Å². The fraction of sp³-hybridized carbons (Fsp3) is 0.500. The molecule has 2 fully saturated rings. The molecule has 3 heterocycles. The van der Waals surface area contributed by atoms with Crippen molar-refractivity contribution in [1.82, 2.24) is 19.8 Å². The smallest absolute Gasteiger partial charge is 0.257 e. The van der Waals surface area contributed by atoms with Crippen LogP contribution in [0.15, 0.2) is 73.1 Å². The number of ether oxygens (including phenoxy) is 1. The van der Waals surface area contributed by atoms with Gasteiger partial charge >= 0.3 is 0 Å². The highest BCUT2D eigenvalue weighted by Gasteiger charge is 2.42. The first-order valence-corrected chi connectivity index (χ1v) is 16.5. The third kappa shape index (κ3) is 7.65. The zero-order chi connectivity index (χ0) is 32.0. The van der Waals surface area contributed by atoms with Crippen LogP contribution in [0.25, 0.3) is 0 Å². The number of alkyl halides is 2. The van der Waals surface area contributed by atoms with Gasteiger partial charge in [0.05, 0.1) is 12.2 Å². The molecule has 8 nitrogen and oxygen atoms in total. The molecule has 244 valence electrons. The lowest BCUT2D eigenvalue weighted by molar-refractivity contribution is -0.142. The first-order chi connectivity index (χ1) is 22.3. The number of amides is 2. The van der Waals surface area contributed by atoms with Gasteiger partial charge in [0.15, 0.2) is 0 Å². The molecule has 1 saturated heterocycles. The number of para-hydroxylation sites is 1. The number of nitrogens with zero attached hydrogens (tertiary/aromatic N) is 5. The molecular weight excluding hydrogens is 588 g/mol. The second-order valence-electron chi connectivity index (χ2n) is 13.1. The van der Waals surface area contributed by atoms with Gasteiger partial charge in [0, 0.05) is 75.8 Å². The maximum absolute atomic E-state index is 14.2. The standard InChI is InChI=1S/C36H43F2N5O3/c37-36(38)15-12-29(13-16-36)32(44)41-22-17-35(18-23-41)14-6-21-42(34-39-19-7-20-40-34)24-25-43(26-28-8-2-1-3-9-28)33(45)30-10-4-5-11-31(30)46-27-35/h1-5,7-11,19-20,29H,6,12-18,21-27H2. The summed E-state index contributed by atoms with van der Waals surface area (Å²) in [5, 5.41) is 0. The van der Waals surface area contributed by atoms with Gasteiger partial charge in [-0.2, -0.15) is 0 Å². The van der Waals surface area contributed by atoms with E-state index in [1.54, 1.807) is 18.5 Å². The number of halogens is 2. The van der Waals surface area contributed by atoms with E-state index >= 15 is 0 Å². The summed E-state index contributed by atoms with van der Waals surface area (Å²) in [5.41, 5.74) is 1.37. The Morgan fingerprint density at radius 3 is 2.26 bits per heavy atom. The van der Waals surface area contributed by atoms with Crippen LogP contribution in [0.1, 0.15) is 67.3 Å². The summed E-state index contributed by atoms with van der Waals surface area (Å²) < 4.78 is 34.0. The van der Waals surface area contributed by atoms with Gasteiger partial charge in [0.1, 0.15) is 5.75 Å². The molecule has 1 saturated carbocycles. The molecule has 6 rings (SSSR count). The highest BCUT2D eigenvalue weighted by Crippen LogP contribution is 2.41. The van der Waals surface area contributed by atoms with Gasteiger partial charge in [-0.1, -0.05) is 42.5 Å². The van der Waals surface area contributed by atoms with Crippen molar-refractivity contribution in [3.63, 3.8) is 0 Å². The topological polar surface area (TPSA) is 78.9 Å². The number of hydrogen-bond acceptors (Lipinski definition) is 6. The van der Waals surface area contributed by atoms with Crippen LogP contribution in [0.3, 0.4) is 0 Å². The molecule has 1 aliphatic carbocycles. The van der Waals surface area contributed by atoms with E-state index in [2.05, 4.69) is 14.9 Å². The third-order valence-corrected chi connectivity index (χ3v) is 9.97. The van der Waals surface area contributed by atoms with Gasteiger partial charge < -0.3 is 19.4 Å². The quantitative estimate of drug-likeness (QED) is 0.340. The summed E-state index contributed by atoms with van der Waals surface area (Å²) in [4.78, 5) is 42.5. The van der Waals surface area contributed by atoms with Crippen molar-refractivity contribution in [3.8, 4) is 5.75 Å². The van der Waals surface area contributed by atoms with Crippen LogP contribution in [0.2, 0.25) is 0 Å². The number of piperidine rings is 1. The fourth-order valence-electron chi connectivity index (χ4n) is 7.09. The van der Waals surface area contributed by atoms with E-state index in [1.165, 1.54) is 0 Å². The minimum absolute atomic E-state index is 0.0118. The summed E-state index contributed by atoms with van der Waals surface area (Å²) in [6.07, 6.45) is 6.79. The molecule has 10 heteroatoms. The van der Waals surface area contributed by atoms with E-state index in [1.807, 2.05) is 64.4 Å². The number of fused-ring (bicyclic) bond motifs is 1. The molecule has 0 atom stereocenters. The lowest BCUT2D eigenvalue weighted by Crippen LogP contribution is -2.48. The second-order valence-corrected chi connectivity index (χ2v) is 13.1. The highest BCUT2D eigenvalue weighted by atomic mass is 19.3. The number of benzene rings is 2. The molecule has 0 bridgehead atoms. The first-order valence-electron chi connectivity index (χ1n) is 16.5. The molecule has 1 aromatic heterocycles. The van der Waals surface area contributed by atoms with E-state index in [0.29, 0.717) is 63.1 Å². The van der Waals surface area contributed by atoms with Crippen molar-refractivity contribution in [2.24, 2.45) is 11.3 Å². The van der Waals surface area contributed by atoms with Crippen LogP contribution in [0.5, 0.6) is 5.75 Å². The molecule has 2 aromatic carbocycles. The fourth-order valence-corrected chi connectivity index (χ4v) is 7.09. The zero-order valence-electron chi connectivity index (χ0n) is 26.3. The summed E-state index contributed by atoms with van der Waals surface area (Å²) in [5.74, 6) is -1.86. The number of aromatic nitrogens is 2. The molecule has 0 radical (unpaired) electrons. The summed E-state index contributed by atoms with van der Waals surface area (Å²) >= 11 is 0. The predicted molar refractivity (Wildman–Crippen MR) is 172 cm³/mol. The Balaban J connectivity index is 1.23. The molecular formula is C36H43F2N5O3. The minimum Gasteiger partial charge on any atom is -0.492 e. The Morgan fingerprint density at radius 2 is 1.52 bits per heavy atom. The van der Waals surface area contributed by atoms with E-state index in [-0.39, 0.29) is 48.8 Å². The predicted octanol–water partition coefficient (Wildman–Crippen LogP) is 6.23. The molecule has 0 N–H and O–H groups in total. The lowest BCUT2D eigenvalue weighted by atomic mass is 9.75. The second kappa shape index (κ2) is 14.1. The highest BCUT2D eigenvalue weighted by molar-refractivity contribution is 5.97. The Bertz CT molecular complexity index is 1460. The first kappa shape index (κ1) is 31.9. The Labute approximate surface area is 269 Å². The maximum Gasteiger partial charge on any atom is 0.257 e. The molecule has 0 unspecified atom stereocenters. The average molecular weight is 632 g/mol. The normalized spacial score (nSPS) is 21.0. The van der Waals surface area contributed by atoms with E-state index in [4.69, 9.17) is 4.74 Å². The lowest BCUT2D eigenvalue weighted by Gasteiger charge is -2.43. The number of anilines is 1. The van der Waals surface area contributed by atoms with Crippen molar-refractivity contribution in [1.29, 1.82) is 0 Å². The van der Waals surface area contributed by atoms with Gasteiger partial charge in [-0.15, -0.1) is 0 Å². The largest absolute Gasteiger partial charge is 0.492 e. The van der Waals surface area contributed by atoms with Gasteiger partial charge in [-0.05, 0) is 62.3 Å². The van der Waals surface area contributed by atoms with Crippen LogP contribution in [-0.4, -0.2) is 76.8 Å². The number of carbonyl (C=O) groups is 2. The number of carbonyl (C=O) groups excluding carboxylic acids is 2. The molecule has 3 aliphatic rings. The average Bonchev–Trinajstić information content (AvgIpc) is 3.09. The number of hydrogen-bond donors (Lipinski definition) is 0. The van der Waals surface area contributed by atoms with Gasteiger partial charge in [-0.3, -0.25) is 9.59 Å². The Morgan fingerprint density at radius 1 is 0.826 bits per heavy atom. The molecule has 2 amide bonds. The van der Waals surface area contributed by atoms with Crippen molar-refractivity contribution in [3.05, 3.63) is 84.2 Å². The van der Waals surface area contributed by atoms with Crippen molar-refractivity contribution >= 4 is 17.8 Å².